The van der Waals surface area contributed by atoms with Crippen molar-refractivity contribution in [1.82, 2.24) is 9.80 Å². The van der Waals surface area contributed by atoms with Crippen LogP contribution in [-0.4, -0.2) is 52.6 Å². The number of hydrogen-bond acceptors (Lipinski definition) is 3. The first-order chi connectivity index (χ1) is 11.2. The van der Waals surface area contributed by atoms with Crippen molar-refractivity contribution in [1.29, 1.82) is 0 Å². The Morgan fingerprint density at radius 3 is 2.52 bits per heavy atom. The highest BCUT2D eigenvalue weighted by molar-refractivity contribution is 5.81. The molecule has 2 aliphatic heterocycles. The Balaban J connectivity index is 1.43. The summed E-state index contributed by atoms with van der Waals surface area (Å²) in [4.78, 5) is 16.7. The van der Waals surface area contributed by atoms with Gasteiger partial charge in [0.15, 0.2) is 0 Å². The zero-order chi connectivity index (χ0) is 15.8. The number of fused-ring (bicyclic) bond motifs is 1. The van der Waals surface area contributed by atoms with Crippen LogP contribution < -0.4 is 0 Å². The second-order valence-corrected chi connectivity index (χ2v) is 7.30. The summed E-state index contributed by atoms with van der Waals surface area (Å²) in [6.45, 7) is 3.45. The smallest absolute Gasteiger partial charge is 0.225 e. The van der Waals surface area contributed by atoms with E-state index in [1.807, 2.05) is 4.90 Å². The largest absolute Gasteiger partial charge is 0.391 e. The molecule has 1 saturated heterocycles. The van der Waals surface area contributed by atoms with Gasteiger partial charge < -0.3 is 10.0 Å². The molecular weight excluding hydrogens is 288 g/mol. The lowest BCUT2D eigenvalue weighted by molar-refractivity contribution is -0.132. The van der Waals surface area contributed by atoms with Gasteiger partial charge in [0.1, 0.15) is 0 Å². The van der Waals surface area contributed by atoms with Crippen LogP contribution in [-0.2, 0) is 17.8 Å². The number of rotatable bonds is 2. The highest BCUT2D eigenvalue weighted by atomic mass is 16.3. The fourth-order valence-electron chi connectivity index (χ4n) is 4.11. The summed E-state index contributed by atoms with van der Waals surface area (Å²) in [5, 5.41) is 10.6. The highest BCUT2D eigenvalue weighted by Gasteiger charge is 2.37. The number of benzene rings is 1. The molecule has 3 aliphatic rings. The normalized spacial score (nSPS) is 29.0. The molecule has 1 N–H and O–H groups in total. The van der Waals surface area contributed by atoms with Crippen LogP contribution in [0.25, 0.3) is 0 Å². The van der Waals surface area contributed by atoms with E-state index in [2.05, 4.69) is 29.2 Å². The third-order valence-corrected chi connectivity index (χ3v) is 5.70. The summed E-state index contributed by atoms with van der Waals surface area (Å²) in [5.74, 6) is 0.604. The molecule has 0 spiro atoms. The zero-order valence-electron chi connectivity index (χ0n) is 13.7. The average molecular weight is 314 g/mol. The molecule has 2 atom stereocenters. The van der Waals surface area contributed by atoms with Gasteiger partial charge in [0.05, 0.1) is 6.10 Å². The van der Waals surface area contributed by atoms with Crippen LogP contribution in [0.2, 0.25) is 0 Å². The molecule has 0 aromatic heterocycles. The van der Waals surface area contributed by atoms with Gasteiger partial charge >= 0.3 is 0 Å². The molecule has 0 unspecified atom stereocenters. The molecule has 0 radical (unpaired) electrons. The van der Waals surface area contributed by atoms with Gasteiger partial charge in [0, 0.05) is 38.1 Å². The van der Waals surface area contributed by atoms with Crippen molar-refractivity contribution in [2.75, 3.05) is 19.6 Å². The third kappa shape index (κ3) is 3.15. The van der Waals surface area contributed by atoms with Crippen LogP contribution in [0, 0.1) is 5.92 Å². The lowest BCUT2D eigenvalue weighted by Gasteiger charge is -2.37. The zero-order valence-corrected chi connectivity index (χ0v) is 13.7. The van der Waals surface area contributed by atoms with Crippen molar-refractivity contribution in [3.05, 3.63) is 35.4 Å². The van der Waals surface area contributed by atoms with Crippen molar-refractivity contribution < 1.29 is 9.90 Å². The van der Waals surface area contributed by atoms with E-state index in [-0.39, 0.29) is 18.1 Å². The Morgan fingerprint density at radius 1 is 1.00 bits per heavy atom. The number of carbonyl (C=O) groups excluding carboxylic acids is 1. The first-order valence-electron chi connectivity index (χ1n) is 9.00. The maximum atomic E-state index is 12.3. The molecule has 1 amide bonds. The topological polar surface area (TPSA) is 43.8 Å². The number of nitrogens with zero attached hydrogens (tertiary/aromatic N) is 2. The number of aliphatic hydroxyl groups excluding tert-OH is 1. The van der Waals surface area contributed by atoms with Crippen molar-refractivity contribution >= 4 is 5.91 Å². The molecule has 4 rings (SSSR count). The molecule has 4 nitrogen and oxygen atoms in total. The average Bonchev–Trinajstić information content (AvgIpc) is 3.42. The first kappa shape index (κ1) is 15.2. The quantitative estimate of drug-likeness (QED) is 0.905. The molecule has 0 bridgehead atoms. The molecule has 2 heterocycles. The molecular formula is C19H26N2O2. The van der Waals surface area contributed by atoms with Gasteiger partial charge in [-0.1, -0.05) is 24.3 Å². The minimum Gasteiger partial charge on any atom is -0.391 e. The van der Waals surface area contributed by atoms with E-state index in [9.17, 15) is 9.90 Å². The summed E-state index contributed by atoms with van der Waals surface area (Å²) < 4.78 is 0. The van der Waals surface area contributed by atoms with Crippen LogP contribution in [0.1, 0.15) is 36.8 Å². The lowest BCUT2D eigenvalue weighted by atomic mass is 9.96. The Hall–Kier alpha value is -1.39. The molecule has 1 aliphatic carbocycles. The second kappa shape index (κ2) is 6.25. The summed E-state index contributed by atoms with van der Waals surface area (Å²) in [5.41, 5.74) is 2.83. The van der Waals surface area contributed by atoms with Crippen molar-refractivity contribution in [2.45, 2.75) is 50.8 Å². The van der Waals surface area contributed by atoms with Gasteiger partial charge in [0.2, 0.25) is 5.91 Å². The number of carbonyl (C=O) groups is 1. The van der Waals surface area contributed by atoms with Crippen LogP contribution in [0.5, 0.6) is 0 Å². The van der Waals surface area contributed by atoms with Gasteiger partial charge in [-0.3, -0.25) is 9.69 Å². The third-order valence-electron chi connectivity index (χ3n) is 5.70. The van der Waals surface area contributed by atoms with Crippen LogP contribution in [0.3, 0.4) is 0 Å². The Labute approximate surface area is 138 Å². The van der Waals surface area contributed by atoms with E-state index in [0.29, 0.717) is 12.3 Å². The van der Waals surface area contributed by atoms with Gasteiger partial charge in [-0.05, 0) is 43.2 Å². The minimum absolute atomic E-state index is 0.181. The van der Waals surface area contributed by atoms with E-state index in [0.717, 1.165) is 51.9 Å². The fourth-order valence-corrected chi connectivity index (χ4v) is 4.11. The maximum Gasteiger partial charge on any atom is 0.225 e. The number of aliphatic hydroxyl groups is 1. The molecule has 2 fully saturated rings. The van der Waals surface area contributed by atoms with Gasteiger partial charge in [-0.15, -0.1) is 0 Å². The van der Waals surface area contributed by atoms with E-state index in [1.165, 1.54) is 11.1 Å². The van der Waals surface area contributed by atoms with Crippen molar-refractivity contribution in [3.8, 4) is 0 Å². The fraction of sp³-hybridized carbons (Fsp3) is 0.632. The van der Waals surface area contributed by atoms with E-state index >= 15 is 0 Å². The molecule has 124 valence electrons. The van der Waals surface area contributed by atoms with Gasteiger partial charge in [-0.25, -0.2) is 0 Å². The Bertz CT molecular complexity index is 584. The van der Waals surface area contributed by atoms with Crippen LogP contribution in [0.15, 0.2) is 24.3 Å². The monoisotopic (exact) mass is 314 g/mol. The first-order valence-corrected chi connectivity index (χ1v) is 9.00. The van der Waals surface area contributed by atoms with Crippen molar-refractivity contribution in [3.63, 3.8) is 0 Å². The van der Waals surface area contributed by atoms with Gasteiger partial charge in [0.25, 0.3) is 0 Å². The predicted molar refractivity (Wildman–Crippen MR) is 88.9 cm³/mol. The molecule has 4 heteroatoms. The molecule has 23 heavy (non-hydrogen) atoms. The lowest BCUT2D eigenvalue weighted by Crippen LogP contribution is -2.46. The van der Waals surface area contributed by atoms with E-state index in [1.54, 1.807) is 0 Å². The predicted octanol–water partition coefficient (Wildman–Crippen LogP) is 1.81. The highest BCUT2D eigenvalue weighted by Crippen LogP contribution is 2.32. The molecule has 1 aromatic carbocycles. The minimum atomic E-state index is -0.322. The maximum absolute atomic E-state index is 12.3. The number of hydrogen-bond donors (Lipinski definition) is 1. The van der Waals surface area contributed by atoms with E-state index in [4.69, 9.17) is 0 Å². The van der Waals surface area contributed by atoms with Crippen LogP contribution in [0.4, 0.5) is 0 Å². The Kier molecular flexibility index (Phi) is 4.12. The molecule has 1 aromatic rings. The second-order valence-electron chi connectivity index (χ2n) is 7.30. The SMILES string of the molecule is O=C(C1CC1)N1CC[C@H](O)[C@@H](N2CCc3ccccc3C2)CC1. The van der Waals surface area contributed by atoms with Crippen molar-refractivity contribution in [2.24, 2.45) is 5.92 Å². The number of amides is 1. The standard InChI is InChI=1S/C19H26N2O2/c22-18-9-12-20(19(23)15-5-6-15)11-8-17(18)21-10-7-14-3-1-2-4-16(14)13-21/h1-4,15,17-18,22H,5-13H2/t17-,18-/m0/s1. The summed E-state index contributed by atoms with van der Waals surface area (Å²) in [7, 11) is 0. The van der Waals surface area contributed by atoms with Gasteiger partial charge in [-0.2, -0.15) is 0 Å². The Morgan fingerprint density at radius 2 is 1.74 bits per heavy atom. The van der Waals surface area contributed by atoms with E-state index < -0.39 is 0 Å². The number of likely N-dealkylation sites (tertiary alicyclic amines) is 1. The summed E-state index contributed by atoms with van der Waals surface area (Å²) in [6.07, 6.45) is 4.46. The summed E-state index contributed by atoms with van der Waals surface area (Å²) >= 11 is 0. The molecule has 1 saturated carbocycles. The summed E-state index contributed by atoms with van der Waals surface area (Å²) in [6, 6.07) is 8.80. The van der Waals surface area contributed by atoms with Crippen LogP contribution >= 0.6 is 0 Å².